The molecule has 3 rings (SSSR count). The van der Waals surface area contributed by atoms with Crippen LogP contribution in [0.15, 0.2) is 48.8 Å². The molecule has 0 atom stereocenters. The molecule has 0 saturated carbocycles. The lowest BCUT2D eigenvalue weighted by atomic mass is 10.1. The van der Waals surface area contributed by atoms with Gasteiger partial charge < -0.3 is 4.98 Å². The fourth-order valence-electron chi connectivity index (χ4n) is 2.11. The van der Waals surface area contributed by atoms with Gasteiger partial charge in [-0.1, -0.05) is 6.07 Å². The Morgan fingerprint density at radius 1 is 0.944 bits per heavy atom. The molecule has 1 N–H and O–H groups in total. The predicted octanol–water partition coefficient (Wildman–Crippen LogP) is 3.13. The Labute approximate surface area is 106 Å². The first-order chi connectivity index (χ1) is 8.92. The van der Waals surface area contributed by atoms with E-state index in [4.69, 9.17) is 0 Å². The molecule has 0 aliphatic carbocycles. The minimum Gasteiger partial charge on any atom is -0.346 e. The fraction of sp³-hybridized carbons (Fsp3) is 0.200. The highest BCUT2D eigenvalue weighted by Gasteiger charge is 2.00. The molecule has 0 aromatic carbocycles. The Kier molecular flexibility index (Phi) is 3.05. The molecule has 0 bridgehead atoms. The van der Waals surface area contributed by atoms with Crippen LogP contribution in [0.1, 0.15) is 17.8 Å². The number of hydrogen-bond donors (Lipinski definition) is 1. The summed E-state index contributed by atoms with van der Waals surface area (Å²) in [4.78, 5) is 12.1. The first kappa shape index (κ1) is 11.0. The van der Waals surface area contributed by atoms with Gasteiger partial charge in [0.2, 0.25) is 0 Å². The normalized spacial score (nSPS) is 10.9. The van der Waals surface area contributed by atoms with Gasteiger partial charge in [0.05, 0.1) is 0 Å². The van der Waals surface area contributed by atoms with Crippen molar-refractivity contribution in [1.29, 1.82) is 0 Å². The van der Waals surface area contributed by atoms with E-state index in [1.807, 2.05) is 30.6 Å². The van der Waals surface area contributed by atoms with Crippen molar-refractivity contribution in [2.45, 2.75) is 19.3 Å². The first-order valence-electron chi connectivity index (χ1n) is 6.25. The van der Waals surface area contributed by atoms with Crippen LogP contribution in [-0.4, -0.2) is 15.0 Å². The van der Waals surface area contributed by atoms with Gasteiger partial charge in [-0.05, 0) is 49.6 Å². The first-order valence-corrected chi connectivity index (χ1v) is 6.25. The number of H-pyrrole nitrogens is 1. The van der Waals surface area contributed by atoms with Crippen LogP contribution in [0.4, 0.5) is 0 Å². The van der Waals surface area contributed by atoms with Crippen LogP contribution in [0.3, 0.4) is 0 Å². The minimum atomic E-state index is 0.977. The Balaban J connectivity index is 1.62. The van der Waals surface area contributed by atoms with E-state index in [2.05, 4.69) is 33.2 Å². The highest BCUT2D eigenvalue weighted by molar-refractivity contribution is 5.75. The lowest BCUT2D eigenvalue weighted by Crippen LogP contribution is -1.94. The van der Waals surface area contributed by atoms with Crippen molar-refractivity contribution in [2.24, 2.45) is 0 Å². The molecule has 3 aromatic rings. The summed E-state index contributed by atoms with van der Waals surface area (Å²) in [5.41, 5.74) is 3.27. The molecule has 3 heterocycles. The van der Waals surface area contributed by atoms with Crippen LogP contribution in [-0.2, 0) is 12.8 Å². The maximum atomic E-state index is 4.59. The quantitative estimate of drug-likeness (QED) is 0.757. The van der Waals surface area contributed by atoms with Crippen LogP contribution in [0, 0.1) is 0 Å². The molecule has 0 aliphatic heterocycles. The molecule has 0 fully saturated rings. The summed E-state index contributed by atoms with van der Waals surface area (Å²) in [6, 6.07) is 12.3. The average Bonchev–Trinajstić information content (AvgIpc) is 2.87. The van der Waals surface area contributed by atoms with Gasteiger partial charge in [-0.2, -0.15) is 0 Å². The van der Waals surface area contributed by atoms with Crippen molar-refractivity contribution in [3.8, 4) is 0 Å². The van der Waals surface area contributed by atoms with E-state index in [-0.39, 0.29) is 0 Å². The second-order valence-electron chi connectivity index (χ2n) is 4.39. The SMILES string of the molecule is c1ccc(CCCc2ccc3cc[nH]c3n2)nc1. The van der Waals surface area contributed by atoms with Gasteiger partial charge in [-0.25, -0.2) is 4.98 Å². The van der Waals surface area contributed by atoms with Gasteiger partial charge >= 0.3 is 0 Å². The molecule has 3 heteroatoms. The van der Waals surface area contributed by atoms with Crippen molar-refractivity contribution >= 4 is 11.0 Å². The number of aromatic nitrogens is 3. The molecule has 3 aromatic heterocycles. The monoisotopic (exact) mass is 237 g/mol. The molecule has 0 saturated heterocycles. The molecule has 18 heavy (non-hydrogen) atoms. The van der Waals surface area contributed by atoms with Crippen LogP contribution >= 0.6 is 0 Å². The van der Waals surface area contributed by atoms with E-state index in [1.165, 1.54) is 5.39 Å². The van der Waals surface area contributed by atoms with Crippen molar-refractivity contribution < 1.29 is 0 Å². The van der Waals surface area contributed by atoms with E-state index in [0.717, 1.165) is 36.3 Å². The maximum Gasteiger partial charge on any atom is 0.137 e. The number of hydrogen-bond acceptors (Lipinski definition) is 2. The van der Waals surface area contributed by atoms with Gasteiger partial charge in [0.1, 0.15) is 5.65 Å². The van der Waals surface area contributed by atoms with E-state index in [1.54, 1.807) is 0 Å². The molecule has 0 aliphatic rings. The van der Waals surface area contributed by atoms with E-state index in [0.29, 0.717) is 0 Å². The minimum absolute atomic E-state index is 0.977. The number of rotatable bonds is 4. The summed E-state index contributed by atoms with van der Waals surface area (Å²) < 4.78 is 0. The van der Waals surface area contributed by atoms with Crippen molar-refractivity contribution in [1.82, 2.24) is 15.0 Å². The van der Waals surface area contributed by atoms with E-state index < -0.39 is 0 Å². The highest BCUT2D eigenvalue weighted by atomic mass is 14.8. The molecular weight excluding hydrogens is 222 g/mol. The van der Waals surface area contributed by atoms with Gasteiger partial charge in [0.15, 0.2) is 0 Å². The Morgan fingerprint density at radius 2 is 1.89 bits per heavy atom. The average molecular weight is 237 g/mol. The van der Waals surface area contributed by atoms with Crippen LogP contribution < -0.4 is 0 Å². The third-order valence-corrected chi connectivity index (χ3v) is 3.06. The van der Waals surface area contributed by atoms with E-state index >= 15 is 0 Å². The standard InChI is InChI=1S/C15H15N3/c1-2-10-16-13(4-1)5-3-6-14-8-7-12-9-11-17-15(12)18-14/h1-2,4,7-11H,3,5-6H2,(H,17,18). The molecule has 0 unspecified atom stereocenters. The predicted molar refractivity (Wildman–Crippen MR) is 72.4 cm³/mol. The summed E-state index contributed by atoms with van der Waals surface area (Å²) in [7, 11) is 0. The molecule has 90 valence electrons. The number of fused-ring (bicyclic) bond motifs is 1. The summed E-state index contributed by atoms with van der Waals surface area (Å²) in [6.45, 7) is 0. The summed E-state index contributed by atoms with van der Waals surface area (Å²) in [5, 5.41) is 1.17. The third kappa shape index (κ3) is 2.40. The third-order valence-electron chi connectivity index (χ3n) is 3.06. The van der Waals surface area contributed by atoms with Crippen molar-refractivity contribution in [3.05, 3.63) is 60.2 Å². The summed E-state index contributed by atoms with van der Waals surface area (Å²) in [6.07, 6.45) is 6.85. The summed E-state index contributed by atoms with van der Waals surface area (Å²) >= 11 is 0. The lowest BCUT2D eigenvalue weighted by Gasteiger charge is -2.01. The second-order valence-corrected chi connectivity index (χ2v) is 4.39. The van der Waals surface area contributed by atoms with Gasteiger partial charge in [0.25, 0.3) is 0 Å². The Bertz CT molecular complexity index is 628. The largest absolute Gasteiger partial charge is 0.346 e. The maximum absolute atomic E-state index is 4.59. The smallest absolute Gasteiger partial charge is 0.137 e. The fourth-order valence-corrected chi connectivity index (χ4v) is 2.11. The lowest BCUT2D eigenvalue weighted by molar-refractivity contribution is 0.784. The van der Waals surface area contributed by atoms with Crippen molar-refractivity contribution in [3.63, 3.8) is 0 Å². The molecule has 0 spiro atoms. The van der Waals surface area contributed by atoms with Crippen LogP contribution in [0.5, 0.6) is 0 Å². The van der Waals surface area contributed by atoms with Crippen LogP contribution in [0.2, 0.25) is 0 Å². The number of nitrogens with zero attached hydrogens (tertiary/aromatic N) is 2. The highest BCUT2D eigenvalue weighted by Crippen LogP contribution is 2.12. The number of aryl methyl sites for hydroxylation is 2. The topological polar surface area (TPSA) is 41.6 Å². The van der Waals surface area contributed by atoms with Gasteiger partial charge in [-0.15, -0.1) is 0 Å². The molecule has 0 radical (unpaired) electrons. The van der Waals surface area contributed by atoms with Crippen LogP contribution in [0.25, 0.3) is 11.0 Å². The Hall–Kier alpha value is -2.16. The second kappa shape index (κ2) is 5.00. The van der Waals surface area contributed by atoms with Gasteiger partial charge in [-0.3, -0.25) is 4.98 Å². The zero-order valence-corrected chi connectivity index (χ0v) is 10.1. The van der Waals surface area contributed by atoms with E-state index in [9.17, 15) is 0 Å². The summed E-state index contributed by atoms with van der Waals surface area (Å²) in [5.74, 6) is 0. The zero-order chi connectivity index (χ0) is 12.2. The molecule has 0 amide bonds. The Morgan fingerprint density at radius 3 is 2.78 bits per heavy atom. The molecular formula is C15H15N3. The zero-order valence-electron chi connectivity index (χ0n) is 10.1. The van der Waals surface area contributed by atoms with Crippen molar-refractivity contribution in [2.75, 3.05) is 0 Å². The number of pyridine rings is 2. The molecule has 3 nitrogen and oxygen atoms in total. The van der Waals surface area contributed by atoms with Gasteiger partial charge in [0, 0.05) is 29.2 Å². The number of aromatic amines is 1. The number of nitrogens with one attached hydrogen (secondary N) is 1.